The van der Waals surface area contributed by atoms with Gasteiger partial charge in [0.15, 0.2) is 0 Å². The molecular formula is C35H30. The Hall–Kier alpha value is -3.90. The highest BCUT2D eigenvalue weighted by Crippen LogP contribution is 2.58. The summed E-state index contributed by atoms with van der Waals surface area (Å²) in [4.78, 5) is 0. The summed E-state index contributed by atoms with van der Waals surface area (Å²) < 4.78 is 0. The van der Waals surface area contributed by atoms with Crippen molar-refractivity contribution < 1.29 is 0 Å². The van der Waals surface area contributed by atoms with Gasteiger partial charge in [0.25, 0.3) is 0 Å². The molecule has 3 aromatic rings. The van der Waals surface area contributed by atoms with Crippen LogP contribution in [0.15, 0.2) is 145 Å². The van der Waals surface area contributed by atoms with Crippen molar-refractivity contribution in [1.82, 2.24) is 0 Å². The zero-order valence-corrected chi connectivity index (χ0v) is 20.3. The summed E-state index contributed by atoms with van der Waals surface area (Å²) in [5.41, 5.74) is 14.3. The summed E-state index contributed by atoms with van der Waals surface area (Å²) in [6.45, 7) is 15.8. The maximum atomic E-state index is 4.76. The molecule has 3 unspecified atom stereocenters. The van der Waals surface area contributed by atoms with Gasteiger partial charge in [0.2, 0.25) is 0 Å². The number of rotatable bonds is 3. The molecular weight excluding hydrogens is 420 g/mol. The van der Waals surface area contributed by atoms with E-state index in [1.54, 1.807) is 0 Å². The first-order chi connectivity index (χ1) is 17.1. The molecule has 0 radical (unpaired) electrons. The molecule has 170 valence electrons. The van der Waals surface area contributed by atoms with Crippen LogP contribution < -0.4 is 0 Å². The van der Waals surface area contributed by atoms with Gasteiger partial charge in [-0.1, -0.05) is 128 Å². The van der Waals surface area contributed by atoms with Gasteiger partial charge in [0.1, 0.15) is 0 Å². The van der Waals surface area contributed by atoms with E-state index in [-0.39, 0.29) is 17.8 Å². The van der Waals surface area contributed by atoms with E-state index in [0.29, 0.717) is 0 Å². The minimum absolute atomic E-state index is 0.182. The van der Waals surface area contributed by atoms with E-state index in [0.717, 1.165) is 12.0 Å². The zero-order valence-electron chi connectivity index (χ0n) is 20.3. The van der Waals surface area contributed by atoms with E-state index in [2.05, 4.69) is 117 Å². The largest absolute Gasteiger partial charge is 0.0992 e. The third kappa shape index (κ3) is 3.36. The third-order valence-electron chi connectivity index (χ3n) is 7.96. The Kier molecular flexibility index (Phi) is 5.19. The SMILES string of the molecule is C=C(C)C1C(=C)/C(=C2\CC3=CC=C(c4ccccc4)C(c4ccccc4)C3C2=C)c2ccccc21. The van der Waals surface area contributed by atoms with Crippen molar-refractivity contribution in [3.8, 4) is 0 Å². The third-order valence-corrected chi connectivity index (χ3v) is 7.96. The Balaban J connectivity index is 1.51. The predicted octanol–water partition coefficient (Wildman–Crippen LogP) is 9.05. The highest BCUT2D eigenvalue weighted by molar-refractivity contribution is 5.93. The maximum Gasteiger partial charge on any atom is 0.0300 e. The monoisotopic (exact) mass is 450 g/mol. The van der Waals surface area contributed by atoms with Gasteiger partial charge in [-0.25, -0.2) is 0 Å². The van der Waals surface area contributed by atoms with E-state index >= 15 is 0 Å². The van der Waals surface area contributed by atoms with E-state index in [9.17, 15) is 0 Å². The molecule has 3 atom stereocenters. The van der Waals surface area contributed by atoms with Gasteiger partial charge in [-0.15, -0.1) is 0 Å². The van der Waals surface area contributed by atoms with Crippen LogP contribution in [0.3, 0.4) is 0 Å². The molecule has 3 aliphatic rings. The van der Waals surface area contributed by atoms with Crippen molar-refractivity contribution >= 4 is 11.1 Å². The van der Waals surface area contributed by atoms with Gasteiger partial charge in [0, 0.05) is 17.8 Å². The van der Waals surface area contributed by atoms with Gasteiger partial charge in [-0.2, -0.15) is 0 Å². The first-order valence-electron chi connectivity index (χ1n) is 12.4. The fraction of sp³-hybridized carbons (Fsp3) is 0.143. The molecule has 1 saturated carbocycles. The minimum Gasteiger partial charge on any atom is -0.0992 e. The van der Waals surface area contributed by atoms with Crippen LogP contribution in [0, 0.1) is 5.92 Å². The second-order valence-electron chi connectivity index (χ2n) is 10.0. The highest BCUT2D eigenvalue weighted by Gasteiger charge is 2.42. The van der Waals surface area contributed by atoms with E-state index in [1.165, 1.54) is 55.7 Å². The molecule has 0 bridgehead atoms. The molecule has 0 spiro atoms. The predicted molar refractivity (Wildman–Crippen MR) is 149 cm³/mol. The van der Waals surface area contributed by atoms with Crippen LogP contribution in [0.2, 0.25) is 0 Å². The van der Waals surface area contributed by atoms with Gasteiger partial charge in [0.05, 0.1) is 0 Å². The Morgan fingerprint density at radius 2 is 1.40 bits per heavy atom. The van der Waals surface area contributed by atoms with Crippen molar-refractivity contribution in [1.29, 1.82) is 0 Å². The Morgan fingerprint density at radius 3 is 2.11 bits per heavy atom. The van der Waals surface area contributed by atoms with Gasteiger partial charge < -0.3 is 0 Å². The number of allylic oxidation sites excluding steroid dienone is 9. The van der Waals surface area contributed by atoms with E-state index in [1.807, 2.05) is 0 Å². The standard InChI is InChI=1S/C35H30/c1-22(2)32-24(4)34(30-18-12-11-17-29(30)32)31-21-27-19-20-28(25-13-7-5-8-14-25)35(33(27)23(31)3)26-15-9-6-10-16-26/h5-20,32-33,35H,1,3-4,21H2,2H3/b34-31-. The maximum absolute atomic E-state index is 4.76. The molecule has 0 heteroatoms. The smallest absolute Gasteiger partial charge is 0.0300 e. The second-order valence-corrected chi connectivity index (χ2v) is 10.0. The number of hydrogen-bond acceptors (Lipinski definition) is 0. The molecule has 3 aliphatic carbocycles. The molecule has 0 saturated heterocycles. The van der Waals surface area contributed by atoms with Gasteiger partial charge in [-0.3, -0.25) is 0 Å². The van der Waals surface area contributed by atoms with Crippen LogP contribution in [0.25, 0.3) is 11.1 Å². The minimum atomic E-state index is 0.182. The van der Waals surface area contributed by atoms with E-state index < -0.39 is 0 Å². The molecule has 0 aromatic heterocycles. The molecule has 0 heterocycles. The summed E-state index contributed by atoms with van der Waals surface area (Å²) >= 11 is 0. The lowest BCUT2D eigenvalue weighted by Crippen LogP contribution is -2.17. The average molecular weight is 451 g/mol. The normalized spacial score (nSPS) is 25.1. The highest BCUT2D eigenvalue weighted by atomic mass is 14.5. The Bertz CT molecular complexity index is 1460. The topological polar surface area (TPSA) is 0 Å². The van der Waals surface area contributed by atoms with Crippen molar-refractivity contribution in [2.24, 2.45) is 5.92 Å². The second kappa shape index (κ2) is 8.40. The van der Waals surface area contributed by atoms with Crippen LogP contribution in [-0.2, 0) is 0 Å². The van der Waals surface area contributed by atoms with Crippen LogP contribution >= 0.6 is 0 Å². The summed E-state index contributed by atoms with van der Waals surface area (Å²) in [7, 11) is 0. The first kappa shape index (κ1) is 21.6. The molecule has 1 fully saturated rings. The first-order valence-corrected chi connectivity index (χ1v) is 12.4. The molecule has 0 N–H and O–H groups in total. The van der Waals surface area contributed by atoms with Gasteiger partial charge >= 0.3 is 0 Å². The Labute approximate surface area is 209 Å². The number of benzene rings is 3. The van der Waals surface area contributed by atoms with Crippen molar-refractivity contribution in [3.63, 3.8) is 0 Å². The van der Waals surface area contributed by atoms with Crippen LogP contribution in [0.5, 0.6) is 0 Å². The lowest BCUT2D eigenvalue weighted by Gasteiger charge is -2.32. The molecule has 6 rings (SSSR count). The van der Waals surface area contributed by atoms with Gasteiger partial charge in [-0.05, 0) is 63.5 Å². The lowest BCUT2D eigenvalue weighted by atomic mass is 9.71. The number of fused-ring (bicyclic) bond motifs is 2. The lowest BCUT2D eigenvalue weighted by molar-refractivity contribution is 0.673. The van der Waals surface area contributed by atoms with E-state index in [4.69, 9.17) is 6.58 Å². The Morgan fingerprint density at radius 1 is 0.743 bits per heavy atom. The molecule has 0 amide bonds. The zero-order chi connectivity index (χ0) is 24.1. The summed E-state index contributed by atoms with van der Waals surface area (Å²) in [5.74, 6) is 0.677. The number of hydrogen-bond donors (Lipinski definition) is 0. The molecule has 0 nitrogen and oxygen atoms in total. The summed E-state index contributed by atoms with van der Waals surface area (Å²) in [5, 5.41) is 0. The summed E-state index contributed by atoms with van der Waals surface area (Å²) in [6, 6.07) is 30.5. The van der Waals surface area contributed by atoms with Crippen molar-refractivity contribution in [2.75, 3.05) is 0 Å². The van der Waals surface area contributed by atoms with Crippen LogP contribution in [-0.4, -0.2) is 0 Å². The summed E-state index contributed by atoms with van der Waals surface area (Å²) in [6.07, 6.45) is 5.62. The van der Waals surface area contributed by atoms with Crippen molar-refractivity contribution in [2.45, 2.75) is 25.2 Å². The molecule has 3 aromatic carbocycles. The fourth-order valence-corrected chi connectivity index (χ4v) is 6.49. The van der Waals surface area contributed by atoms with Crippen LogP contribution in [0.4, 0.5) is 0 Å². The average Bonchev–Trinajstić information content (AvgIpc) is 3.37. The fourth-order valence-electron chi connectivity index (χ4n) is 6.49. The molecule has 35 heavy (non-hydrogen) atoms. The van der Waals surface area contributed by atoms with Crippen LogP contribution in [0.1, 0.15) is 47.4 Å². The van der Waals surface area contributed by atoms with Crippen molar-refractivity contribution in [3.05, 3.63) is 167 Å². The quantitative estimate of drug-likeness (QED) is 0.349. The molecule has 0 aliphatic heterocycles.